The molecule has 10 nitrogen and oxygen atoms in total. The Kier molecular flexibility index (Phi) is 12.9. The minimum atomic E-state index is -0.521. The van der Waals surface area contributed by atoms with Gasteiger partial charge in [0.25, 0.3) is 5.91 Å². The summed E-state index contributed by atoms with van der Waals surface area (Å²) in [6.07, 6.45) is 4.21. The van der Waals surface area contributed by atoms with Crippen molar-refractivity contribution in [2.45, 2.75) is 78.7 Å². The van der Waals surface area contributed by atoms with Crippen molar-refractivity contribution in [3.8, 4) is 45.5 Å². The number of hydrogen-bond acceptors (Lipinski definition) is 9. The molecule has 0 aliphatic carbocycles. The van der Waals surface area contributed by atoms with Crippen molar-refractivity contribution in [3.05, 3.63) is 106 Å². The van der Waals surface area contributed by atoms with Crippen LogP contribution >= 0.6 is 15.9 Å². The van der Waals surface area contributed by atoms with Gasteiger partial charge in [-0.15, -0.1) is 0 Å². The Labute approximate surface area is 335 Å². The number of phenols is 4. The molecule has 4 aromatic carbocycles. The van der Waals surface area contributed by atoms with E-state index in [2.05, 4.69) is 31.2 Å². The molecular formula is C45H48BrN3O7. The summed E-state index contributed by atoms with van der Waals surface area (Å²) in [6.45, 7) is 13.5. The number of carbonyl (C=O) groups is 2. The van der Waals surface area contributed by atoms with E-state index in [1.807, 2.05) is 90.9 Å². The molecule has 0 aliphatic rings. The van der Waals surface area contributed by atoms with E-state index in [9.17, 15) is 30.0 Å². The van der Waals surface area contributed by atoms with Crippen LogP contribution in [0.3, 0.4) is 0 Å². The molecule has 6 rings (SSSR count). The lowest BCUT2D eigenvalue weighted by atomic mass is 9.97. The summed E-state index contributed by atoms with van der Waals surface area (Å²) in [5, 5.41) is 47.9. The van der Waals surface area contributed by atoms with Gasteiger partial charge in [0, 0.05) is 63.9 Å². The van der Waals surface area contributed by atoms with Gasteiger partial charge in [0.05, 0.1) is 15.9 Å². The molecular weight excluding hydrogens is 774 g/mol. The maximum Gasteiger partial charge on any atom is 0.306 e. The lowest BCUT2D eigenvalue weighted by molar-refractivity contribution is -0.154. The number of pyridine rings is 2. The van der Waals surface area contributed by atoms with Crippen LogP contribution in [0.15, 0.2) is 89.7 Å². The average molecular weight is 823 g/mol. The van der Waals surface area contributed by atoms with Gasteiger partial charge < -0.3 is 30.5 Å². The van der Waals surface area contributed by atoms with Gasteiger partial charge in [-0.1, -0.05) is 58.0 Å². The fourth-order valence-corrected chi connectivity index (χ4v) is 6.89. The molecule has 0 saturated heterocycles. The highest BCUT2D eigenvalue weighted by molar-refractivity contribution is 9.10. The second-order valence-corrected chi connectivity index (χ2v) is 16.0. The first-order valence-electron chi connectivity index (χ1n) is 18.5. The molecule has 2 aromatic heterocycles. The molecule has 0 unspecified atom stereocenters. The Morgan fingerprint density at radius 2 is 1.30 bits per heavy atom. The molecule has 292 valence electrons. The van der Waals surface area contributed by atoms with Gasteiger partial charge in [-0.25, -0.2) is 0 Å². The van der Waals surface area contributed by atoms with E-state index in [1.165, 1.54) is 0 Å². The van der Waals surface area contributed by atoms with Gasteiger partial charge in [-0.05, 0) is 108 Å². The second-order valence-electron chi connectivity index (χ2n) is 15.3. The standard InChI is InChI=1S/C27H32N2O5.C18H16BrNO2/c1-16(2)25-22(30)13-20(14-23(25)31)21-12-19-11-17(8-9-18(19)15-29-21)26(33)28-10-6-7-24(32)34-27(3,4)5;1-10(2)16-15(21)8-13(17(19)18(16)22)14-7-11-5-3-4-6-12(11)9-20-14/h8-9,11-16,30-31H,6-7,10H2,1-5H3,(H,28,33);3-10,21-22H,1-2H3. The number of carbonyl (C=O) groups excluding carboxylic acids is 2. The van der Waals surface area contributed by atoms with Crippen LogP contribution < -0.4 is 5.32 Å². The first kappa shape index (κ1) is 41.5. The molecule has 1 amide bonds. The van der Waals surface area contributed by atoms with Crippen molar-refractivity contribution in [3.63, 3.8) is 0 Å². The quantitative estimate of drug-likeness (QED) is 0.0706. The predicted octanol–water partition coefficient (Wildman–Crippen LogP) is 10.5. The maximum absolute atomic E-state index is 12.6. The van der Waals surface area contributed by atoms with Crippen molar-refractivity contribution in [1.82, 2.24) is 15.3 Å². The fourth-order valence-electron chi connectivity index (χ4n) is 6.36. The van der Waals surface area contributed by atoms with Crippen molar-refractivity contribution in [2.24, 2.45) is 0 Å². The number of nitrogens with zero attached hydrogens (tertiary/aromatic N) is 2. The Morgan fingerprint density at radius 3 is 1.93 bits per heavy atom. The summed E-state index contributed by atoms with van der Waals surface area (Å²) in [6, 6.07) is 21.8. The number of fused-ring (bicyclic) bond motifs is 2. The molecule has 56 heavy (non-hydrogen) atoms. The summed E-state index contributed by atoms with van der Waals surface area (Å²) < 4.78 is 5.82. The van der Waals surface area contributed by atoms with Gasteiger partial charge >= 0.3 is 5.97 Å². The molecule has 0 radical (unpaired) electrons. The zero-order valence-corrected chi connectivity index (χ0v) is 34.2. The number of halogens is 1. The minimum absolute atomic E-state index is 0.0198. The van der Waals surface area contributed by atoms with Crippen molar-refractivity contribution in [2.75, 3.05) is 6.54 Å². The molecule has 0 aliphatic heterocycles. The summed E-state index contributed by atoms with van der Waals surface area (Å²) in [5.74, 6) is -0.329. The number of rotatable bonds is 9. The Bertz CT molecular complexity index is 2380. The van der Waals surface area contributed by atoms with E-state index < -0.39 is 5.60 Å². The van der Waals surface area contributed by atoms with Crippen LogP contribution in [-0.2, 0) is 9.53 Å². The molecule has 11 heteroatoms. The first-order chi connectivity index (χ1) is 26.4. The molecule has 2 heterocycles. The number of benzene rings is 4. The van der Waals surface area contributed by atoms with E-state index in [1.54, 1.807) is 42.7 Å². The van der Waals surface area contributed by atoms with Crippen molar-refractivity contribution >= 4 is 49.4 Å². The highest BCUT2D eigenvalue weighted by atomic mass is 79.9. The summed E-state index contributed by atoms with van der Waals surface area (Å²) in [4.78, 5) is 33.3. The molecule has 0 saturated carbocycles. The summed E-state index contributed by atoms with van der Waals surface area (Å²) in [7, 11) is 0. The van der Waals surface area contributed by atoms with Crippen molar-refractivity contribution in [1.29, 1.82) is 0 Å². The van der Waals surface area contributed by atoms with E-state index in [4.69, 9.17) is 4.74 Å². The topological polar surface area (TPSA) is 162 Å². The number of nitrogens with one attached hydrogen (secondary N) is 1. The number of amides is 1. The fraction of sp³-hybridized carbons (Fsp3) is 0.289. The molecule has 0 spiro atoms. The van der Waals surface area contributed by atoms with Crippen LogP contribution in [-0.4, -0.2) is 54.4 Å². The number of hydrogen-bond donors (Lipinski definition) is 5. The van der Waals surface area contributed by atoms with Crippen molar-refractivity contribution < 1.29 is 34.8 Å². The normalized spacial score (nSPS) is 11.5. The van der Waals surface area contributed by atoms with Crippen LogP contribution in [0.4, 0.5) is 0 Å². The van der Waals surface area contributed by atoms with Crippen LogP contribution in [0, 0.1) is 0 Å². The Balaban J connectivity index is 0.000000234. The zero-order valence-electron chi connectivity index (χ0n) is 32.6. The predicted molar refractivity (Wildman–Crippen MR) is 224 cm³/mol. The smallest absolute Gasteiger partial charge is 0.306 e. The monoisotopic (exact) mass is 821 g/mol. The largest absolute Gasteiger partial charge is 0.507 e. The molecule has 0 atom stereocenters. The van der Waals surface area contributed by atoms with Gasteiger partial charge in [-0.2, -0.15) is 0 Å². The number of esters is 1. The first-order valence-corrected chi connectivity index (χ1v) is 19.3. The number of ether oxygens (including phenoxy) is 1. The van der Waals surface area contributed by atoms with E-state index in [0.717, 1.165) is 21.5 Å². The average Bonchev–Trinajstić information content (AvgIpc) is 3.13. The number of aromatic nitrogens is 2. The Hall–Kier alpha value is -5.68. The number of phenolic OH excluding ortho intramolecular Hbond substituents is 4. The van der Waals surface area contributed by atoms with Crippen LogP contribution in [0.1, 0.15) is 94.6 Å². The number of aromatic hydroxyl groups is 4. The van der Waals surface area contributed by atoms with E-state index in [0.29, 0.717) is 56.6 Å². The maximum atomic E-state index is 12.6. The summed E-state index contributed by atoms with van der Waals surface area (Å²) in [5.41, 5.74) is 3.53. The van der Waals surface area contributed by atoms with E-state index >= 15 is 0 Å². The third-order valence-corrected chi connectivity index (χ3v) is 9.80. The highest BCUT2D eigenvalue weighted by Crippen LogP contribution is 2.45. The van der Waals surface area contributed by atoms with Gasteiger partial charge in [0.2, 0.25) is 0 Å². The van der Waals surface area contributed by atoms with Gasteiger partial charge in [0.15, 0.2) is 0 Å². The zero-order chi connectivity index (χ0) is 40.9. The third-order valence-electron chi connectivity index (χ3n) is 9.00. The molecule has 0 fully saturated rings. The van der Waals surface area contributed by atoms with Gasteiger partial charge in [-0.3, -0.25) is 19.6 Å². The molecule has 6 aromatic rings. The van der Waals surface area contributed by atoms with Gasteiger partial charge in [0.1, 0.15) is 28.6 Å². The van der Waals surface area contributed by atoms with Crippen LogP contribution in [0.5, 0.6) is 23.0 Å². The highest BCUT2D eigenvalue weighted by Gasteiger charge is 2.20. The molecule has 5 N–H and O–H groups in total. The SMILES string of the molecule is CC(C)c1c(O)cc(-c2cc3cc(C(=O)NCCCC(=O)OC(C)(C)C)ccc3cn2)cc1O.CC(C)c1c(O)cc(-c2cc3ccccc3cn2)c(Br)c1O. The summed E-state index contributed by atoms with van der Waals surface area (Å²) >= 11 is 3.43. The lowest BCUT2D eigenvalue weighted by Crippen LogP contribution is -2.27. The molecule has 0 bridgehead atoms. The van der Waals surface area contributed by atoms with E-state index in [-0.39, 0.29) is 53.1 Å². The minimum Gasteiger partial charge on any atom is -0.507 e. The third kappa shape index (κ3) is 9.94. The van der Waals surface area contributed by atoms with Crippen LogP contribution in [0.2, 0.25) is 0 Å². The Morgan fingerprint density at radius 1 is 0.732 bits per heavy atom. The van der Waals surface area contributed by atoms with Crippen LogP contribution in [0.25, 0.3) is 44.1 Å². The lowest BCUT2D eigenvalue weighted by Gasteiger charge is -2.19. The second kappa shape index (κ2) is 17.4.